The largest absolute Gasteiger partial charge is 0.508 e. The predicted molar refractivity (Wildman–Crippen MR) is 171 cm³/mol. The van der Waals surface area contributed by atoms with Crippen LogP contribution in [0.1, 0.15) is 51.5 Å². The van der Waals surface area contributed by atoms with Gasteiger partial charge in [-0.3, -0.25) is 24.1 Å². The van der Waals surface area contributed by atoms with Gasteiger partial charge >= 0.3 is 11.9 Å². The molecule has 1 heterocycles. The van der Waals surface area contributed by atoms with Gasteiger partial charge < -0.3 is 46.4 Å². The summed E-state index contributed by atoms with van der Waals surface area (Å²) in [5, 5.41) is 37.6. The first-order valence-electron chi connectivity index (χ1n) is 15.8. The Kier molecular flexibility index (Phi) is 16.6. The van der Waals surface area contributed by atoms with Crippen LogP contribution in [0.3, 0.4) is 0 Å². The van der Waals surface area contributed by atoms with Gasteiger partial charge in [0.15, 0.2) is 0 Å². The van der Waals surface area contributed by atoms with E-state index in [1.54, 1.807) is 19.1 Å². The van der Waals surface area contributed by atoms with E-state index in [4.69, 9.17) is 0 Å². The summed E-state index contributed by atoms with van der Waals surface area (Å²) in [4.78, 5) is 78.2. The first-order chi connectivity index (χ1) is 22.3. The molecule has 0 aromatic heterocycles. The number of benzene rings is 1. The summed E-state index contributed by atoms with van der Waals surface area (Å²) >= 11 is 0. The number of piperazine rings is 1. The maximum atomic E-state index is 12.6. The summed E-state index contributed by atoms with van der Waals surface area (Å²) < 4.78 is 0. The predicted octanol–water partition coefficient (Wildman–Crippen LogP) is -0.871. The zero-order valence-electron chi connectivity index (χ0n) is 27.4. The SMILES string of the molecule is CCCC(=O)NC(NC(=O)CCN1CCN(CCC(=O)NC(NC(=O)CCN(C)CCc2ccc(O)cc2)C(=O)O)C(C)C1)C(=O)O. The number of aromatic hydroxyl groups is 1. The Morgan fingerprint density at radius 3 is 1.81 bits per heavy atom. The quantitative estimate of drug-likeness (QED) is 0.0847. The number of rotatable bonds is 20. The Hall–Kier alpha value is -4.28. The van der Waals surface area contributed by atoms with Gasteiger partial charge in [0, 0.05) is 77.5 Å². The van der Waals surface area contributed by atoms with Gasteiger partial charge in [-0.25, -0.2) is 9.59 Å². The van der Waals surface area contributed by atoms with Crippen molar-refractivity contribution in [3.8, 4) is 5.75 Å². The molecule has 1 aliphatic rings. The van der Waals surface area contributed by atoms with Gasteiger partial charge in [0.05, 0.1) is 0 Å². The Balaban J connectivity index is 1.69. The van der Waals surface area contributed by atoms with Crippen molar-refractivity contribution in [2.45, 2.75) is 70.7 Å². The molecule has 0 radical (unpaired) electrons. The van der Waals surface area contributed by atoms with Gasteiger partial charge in [-0.2, -0.15) is 0 Å². The van der Waals surface area contributed by atoms with E-state index < -0.39 is 47.9 Å². The fraction of sp³-hybridized carbons (Fsp3) is 0.613. The topological polar surface area (TPSA) is 221 Å². The normalized spacial score (nSPS) is 16.6. The molecule has 262 valence electrons. The number of nitrogens with one attached hydrogen (secondary N) is 4. The molecule has 0 spiro atoms. The molecule has 16 heteroatoms. The molecule has 0 saturated carbocycles. The second-order valence-corrected chi connectivity index (χ2v) is 11.7. The fourth-order valence-electron chi connectivity index (χ4n) is 4.98. The van der Waals surface area contributed by atoms with Crippen LogP contribution in [0.4, 0.5) is 0 Å². The van der Waals surface area contributed by atoms with E-state index >= 15 is 0 Å². The van der Waals surface area contributed by atoms with Gasteiger partial charge in [-0.05, 0) is 44.5 Å². The van der Waals surface area contributed by atoms with Crippen LogP contribution in [-0.2, 0) is 35.2 Å². The molecule has 1 aliphatic heterocycles. The molecule has 16 nitrogen and oxygen atoms in total. The number of carboxylic acids is 2. The van der Waals surface area contributed by atoms with Gasteiger partial charge in [0.2, 0.25) is 36.0 Å². The molecule has 0 bridgehead atoms. The van der Waals surface area contributed by atoms with Crippen LogP contribution in [-0.4, -0.2) is 137 Å². The molecule has 2 rings (SSSR count). The standard InChI is InChI=1S/C31H49N7O9/c1-4-5-24(40)32-28(30(44)45)34-26(42)12-16-37-18-19-38(21(2)20-37)17-13-27(43)35-29(31(46)47)33-25(41)11-15-36(3)14-10-22-6-8-23(39)9-7-22/h6-9,21,28-29,39H,4-5,10-20H2,1-3H3,(H,32,40)(H,33,41)(H,34,42)(H,35,43)(H,44,45)(H,46,47). The summed E-state index contributed by atoms with van der Waals surface area (Å²) in [6, 6.07) is 6.89. The average molecular weight is 664 g/mol. The summed E-state index contributed by atoms with van der Waals surface area (Å²) in [7, 11) is 1.84. The smallest absolute Gasteiger partial charge is 0.347 e. The minimum atomic E-state index is -1.56. The Morgan fingerprint density at radius 2 is 1.30 bits per heavy atom. The second kappa shape index (κ2) is 20.1. The summed E-state index contributed by atoms with van der Waals surface area (Å²) in [5.41, 5.74) is 1.03. The number of hydrogen-bond acceptors (Lipinski definition) is 10. The van der Waals surface area contributed by atoms with Gasteiger partial charge in [-0.15, -0.1) is 0 Å². The van der Waals surface area contributed by atoms with Gasteiger partial charge in [-0.1, -0.05) is 19.1 Å². The van der Waals surface area contributed by atoms with E-state index in [1.807, 2.05) is 35.9 Å². The fourth-order valence-corrected chi connectivity index (χ4v) is 4.98. The summed E-state index contributed by atoms with van der Waals surface area (Å²) in [6.45, 7) is 7.35. The van der Waals surface area contributed by atoms with Crippen LogP contribution in [0.5, 0.6) is 5.75 Å². The van der Waals surface area contributed by atoms with Crippen molar-refractivity contribution in [1.29, 1.82) is 0 Å². The molecule has 1 aromatic rings. The zero-order chi connectivity index (χ0) is 34.9. The third-order valence-electron chi connectivity index (χ3n) is 7.76. The molecule has 4 amide bonds. The zero-order valence-corrected chi connectivity index (χ0v) is 27.4. The molecule has 47 heavy (non-hydrogen) atoms. The van der Waals surface area contributed by atoms with E-state index in [2.05, 4.69) is 26.2 Å². The van der Waals surface area contributed by atoms with Crippen molar-refractivity contribution in [2.75, 3.05) is 52.9 Å². The number of carboxylic acid groups (broad SMARTS) is 2. The highest BCUT2D eigenvalue weighted by Crippen LogP contribution is 2.11. The highest BCUT2D eigenvalue weighted by atomic mass is 16.4. The van der Waals surface area contributed by atoms with Crippen LogP contribution < -0.4 is 21.3 Å². The minimum Gasteiger partial charge on any atom is -0.508 e. The van der Waals surface area contributed by atoms with Crippen molar-refractivity contribution in [2.24, 2.45) is 0 Å². The second-order valence-electron chi connectivity index (χ2n) is 11.7. The van der Waals surface area contributed by atoms with E-state index in [1.165, 1.54) is 0 Å². The molecule has 3 atom stereocenters. The summed E-state index contributed by atoms with van der Waals surface area (Å²) in [6.07, 6.45) is -1.52. The van der Waals surface area contributed by atoms with Crippen molar-refractivity contribution in [3.63, 3.8) is 0 Å². The molecule has 3 unspecified atom stereocenters. The lowest BCUT2D eigenvalue weighted by molar-refractivity contribution is -0.145. The van der Waals surface area contributed by atoms with E-state index in [-0.39, 0.29) is 37.5 Å². The first-order valence-corrected chi connectivity index (χ1v) is 15.8. The number of hydrogen-bond donors (Lipinski definition) is 7. The Morgan fingerprint density at radius 1 is 0.787 bits per heavy atom. The number of carbonyl (C=O) groups excluding carboxylic acids is 4. The van der Waals surface area contributed by atoms with E-state index in [9.17, 15) is 44.1 Å². The molecule has 1 aromatic carbocycles. The van der Waals surface area contributed by atoms with Crippen LogP contribution in [0.15, 0.2) is 24.3 Å². The number of nitrogens with zero attached hydrogens (tertiary/aromatic N) is 3. The van der Waals surface area contributed by atoms with E-state index in [0.29, 0.717) is 58.7 Å². The average Bonchev–Trinajstić information content (AvgIpc) is 3.01. The number of amides is 4. The number of aliphatic carboxylic acids is 2. The minimum absolute atomic E-state index is 0.0206. The lowest BCUT2D eigenvalue weighted by Gasteiger charge is -2.39. The molecule has 1 saturated heterocycles. The molecule has 7 N–H and O–H groups in total. The number of likely N-dealkylation sites (N-methyl/N-ethyl adjacent to an activating group) is 1. The van der Waals surface area contributed by atoms with Crippen molar-refractivity contribution in [1.82, 2.24) is 36.0 Å². The Bertz CT molecular complexity index is 1210. The first kappa shape index (κ1) is 38.9. The van der Waals surface area contributed by atoms with E-state index in [0.717, 1.165) is 5.56 Å². The molecule has 1 fully saturated rings. The third-order valence-corrected chi connectivity index (χ3v) is 7.76. The van der Waals surface area contributed by atoms with Crippen LogP contribution in [0, 0.1) is 0 Å². The number of carbonyl (C=O) groups is 6. The van der Waals surface area contributed by atoms with Crippen LogP contribution in [0.25, 0.3) is 0 Å². The van der Waals surface area contributed by atoms with Crippen molar-refractivity contribution < 1.29 is 44.1 Å². The van der Waals surface area contributed by atoms with Gasteiger partial charge in [0.25, 0.3) is 0 Å². The maximum Gasteiger partial charge on any atom is 0.347 e. The lowest BCUT2D eigenvalue weighted by Crippen LogP contribution is -2.55. The Labute approximate surface area is 274 Å². The van der Waals surface area contributed by atoms with Crippen LogP contribution >= 0.6 is 0 Å². The monoisotopic (exact) mass is 663 g/mol. The molecule has 0 aliphatic carbocycles. The van der Waals surface area contributed by atoms with Crippen molar-refractivity contribution in [3.05, 3.63) is 29.8 Å². The summed E-state index contributed by atoms with van der Waals surface area (Å²) in [5.74, 6) is -4.53. The van der Waals surface area contributed by atoms with Crippen LogP contribution in [0.2, 0.25) is 0 Å². The highest BCUT2D eigenvalue weighted by Gasteiger charge is 2.27. The highest BCUT2D eigenvalue weighted by molar-refractivity contribution is 5.88. The van der Waals surface area contributed by atoms with Crippen molar-refractivity contribution >= 4 is 35.6 Å². The molecular weight excluding hydrogens is 614 g/mol. The number of phenols is 1. The van der Waals surface area contributed by atoms with Gasteiger partial charge in [0.1, 0.15) is 5.75 Å². The number of phenolic OH excluding ortho intramolecular Hbond substituents is 1. The lowest BCUT2D eigenvalue weighted by atomic mass is 10.1. The molecular formula is C31H49N7O9. The maximum absolute atomic E-state index is 12.6. The third kappa shape index (κ3) is 15.2.